The topological polar surface area (TPSA) is 30.0 Å². The lowest BCUT2D eigenvalue weighted by Crippen LogP contribution is -2.15. The summed E-state index contributed by atoms with van der Waals surface area (Å²) in [5.41, 5.74) is -1.17. The van der Waals surface area contributed by atoms with Crippen molar-refractivity contribution in [2.24, 2.45) is 5.92 Å². The highest BCUT2D eigenvalue weighted by molar-refractivity contribution is 5.97. The molecule has 0 bridgehead atoms. The monoisotopic (exact) mass is 257 g/mol. The fourth-order valence-corrected chi connectivity index (χ4v) is 2.45. The van der Waals surface area contributed by atoms with Gasteiger partial charge in [-0.05, 0) is 12.0 Å². The number of aromatic nitrogens is 1. The minimum absolute atomic E-state index is 0.203. The molecule has 0 unspecified atom stereocenters. The van der Waals surface area contributed by atoms with Gasteiger partial charge in [0.05, 0.1) is 5.56 Å². The average Bonchev–Trinajstić information content (AvgIpc) is 2.80. The van der Waals surface area contributed by atoms with Crippen molar-refractivity contribution in [2.75, 3.05) is 0 Å². The first-order valence-corrected chi connectivity index (χ1v) is 6.03. The largest absolute Gasteiger partial charge is 0.417 e. The molecule has 0 amide bonds. The van der Waals surface area contributed by atoms with E-state index in [9.17, 15) is 18.0 Å². The normalized spacial score (nSPS) is 17.1. The zero-order valence-corrected chi connectivity index (χ0v) is 9.83. The van der Waals surface area contributed by atoms with Crippen LogP contribution in [-0.4, -0.2) is 10.8 Å². The molecule has 1 fully saturated rings. The van der Waals surface area contributed by atoms with Crippen LogP contribution in [0.2, 0.25) is 0 Å². The van der Waals surface area contributed by atoms with Gasteiger partial charge in [-0.2, -0.15) is 13.2 Å². The van der Waals surface area contributed by atoms with Crippen LogP contribution in [0.5, 0.6) is 0 Å². The first-order valence-electron chi connectivity index (χ1n) is 6.03. The van der Waals surface area contributed by atoms with Gasteiger partial charge in [0.1, 0.15) is 0 Å². The lowest BCUT2D eigenvalue weighted by atomic mass is 9.95. The SMILES string of the molecule is O=C(CC1CCCC1)c1cnccc1C(F)(F)F. The van der Waals surface area contributed by atoms with E-state index in [1.54, 1.807) is 0 Å². The zero-order chi connectivity index (χ0) is 13.2. The van der Waals surface area contributed by atoms with Crippen LogP contribution in [0.3, 0.4) is 0 Å². The summed E-state index contributed by atoms with van der Waals surface area (Å²) < 4.78 is 38.2. The fourth-order valence-electron chi connectivity index (χ4n) is 2.45. The van der Waals surface area contributed by atoms with Gasteiger partial charge in [-0.15, -0.1) is 0 Å². The predicted octanol–water partition coefficient (Wildman–Crippen LogP) is 3.86. The molecule has 1 aromatic rings. The summed E-state index contributed by atoms with van der Waals surface area (Å²) in [4.78, 5) is 15.6. The van der Waals surface area contributed by atoms with E-state index in [4.69, 9.17) is 0 Å². The lowest BCUT2D eigenvalue weighted by Gasteiger charge is -2.13. The van der Waals surface area contributed by atoms with Crippen LogP contribution >= 0.6 is 0 Å². The first kappa shape index (κ1) is 13.1. The number of Topliss-reactive ketones (excluding diaryl/α,β-unsaturated/α-hetero) is 1. The highest BCUT2D eigenvalue weighted by atomic mass is 19.4. The van der Waals surface area contributed by atoms with E-state index in [0.29, 0.717) is 0 Å². The molecule has 1 aromatic heterocycles. The van der Waals surface area contributed by atoms with Crippen molar-refractivity contribution in [3.05, 3.63) is 29.6 Å². The van der Waals surface area contributed by atoms with Crippen molar-refractivity contribution in [1.29, 1.82) is 0 Å². The molecule has 2 rings (SSSR count). The van der Waals surface area contributed by atoms with Crippen molar-refractivity contribution in [3.63, 3.8) is 0 Å². The van der Waals surface area contributed by atoms with Crippen LogP contribution in [-0.2, 0) is 6.18 Å². The number of nitrogens with zero attached hydrogens (tertiary/aromatic N) is 1. The standard InChI is InChI=1S/C13H14F3NO/c14-13(15,16)11-5-6-17-8-10(11)12(18)7-9-3-1-2-4-9/h5-6,8-9H,1-4,7H2. The van der Waals surface area contributed by atoms with E-state index >= 15 is 0 Å². The Hall–Kier alpha value is -1.39. The van der Waals surface area contributed by atoms with Crippen molar-refractivity contribution < 1.29 is 18.0 Å². The highest BCUT2D eigenvalue weighted by Crippen LogP contribution is 2.34. The molecule has 1 saturated carbocycles. The molecule has 0 radical (unpaired) electrons. The van der Waals surface area contributed by atoms with E-state index in [0.717, 1.165) is 44.1 Å². The molecule has 0 N–H and O–H groups in total. The molecule has 0 saturated heterocycles. The van der Waals surface area contributed by atoms with Gasteiger partial charge in [-0.25, -0.2) is 0 Å². The zero-order valence-electron chi connectivity index (χ0n) is 9.83. The van der Waals surface area contributed by atoms with Crippen molar-refractivity contribution in [3.8, 4) is 0 Å². The van der Waals surface area contributed by atoms with Gasteiger partial charge in [0, 0.05) is 24.4 Å². The Morgan fingerprint density at radius 2 is 2.00 bits per heavy atom. The Kier molecular flexibility index (Phi) is 3.68. The van der Waals surface area contributed by atoms with Gasteiger partial charge in [-0.1, -0.05) is 25.7 Å². The van der Waals surface area contributed by atoms with Crippen LogP contribution in [0, 0.1) is 5.92 Å². The Labute approximate surface area is 103 Å². The van der Waals surface area contributed by atoms with E-state index < -0.39 is 17.5 Å². The number of hydrogen-bond donors (Lipinski definition) is 0. The predicted molar refractivity (Wildman–Crippen MR) is 60.1 cm³/mol. The van der Waals surface area contributed by atoms with Crippen LogP contribution in [0.15, 0.2) is 18.5 Å². The number of carbonyl (C=O) groups excluding carboxylic acids is 1. The number of rotatable bonds is 3. The quantitative estimate of drug-likeness (QED) is 0.769. The third kappa shape index (κ3) is 2.89. The van der Waals surface area contributed by atoms with Gasteiger partial charge >= 0.3 is 6.18 Å². The van der Waals surface area contributed by atoms with Crippen molar-refractivity contribution in [2.45, 2.75) is 38.3 Å². The van der Waals surface area contributed by atoms with Crippen LogP contribution < -0.4 is 0 Å². The summed E-state index contributed by atoms with van der Waals surface area (Å²) in [5, 5.41) is 0. The fraction of sp³-hybridized carbons (Fsp3) is 0.538. The molecule has 0 aromatic carbocycles. The highest BCUT2D eigenvalue weighted by Gasteiger charge is 2.35. The van der Waals surface area contributed by atoms with Crippen molar-refractivity contribution >= 4 is 5.78 Å². The van der Waals surface area contributed by atoms with Crippen LogP contribution in [0.4, 0.5) is 13.2 Å². The molecule has 1 aliphatic rings. The third-order valence-corrected chi connectivity index (χ3v) is 3.38. The van der Waals surface area contributed by atoms with Crippen LogP contribution in [0.1, 0.15) is 48.0 Å². The molecule has 5 heteroatoms. The summed E-state index contributed by atoms with van der Waals surface area (Å²) in [5.74, 6) is -0.207. The first-order chi connectivity index (χ1) is 8.48. The van der Waals surface area contributed by atoms with E-state index in [-0.39, 0.29) is 17.9 Å². The maximum Gasteiger partial charge on any atom is 0.417 e. The molecular formula is C13H14F3NO. The number of pyridine rings is 1. The van der Waals surface area contributed by atoms with Gasteiger partial charge in [0.2, 0.25) is 0 Å². The molecule has 0 atom stereocenters. The Bertz CT molecular complexity index is 436. The summed E-state index contributed by atoms with van der Waals surface area (Å²) in [6.45, 7) is 0. The van der Waals surface area contributed by atoms with Crippen LogP contribution in [0.25, 0.3) is 0 Å². The minimum Gasteiger partial charge on any atom is -0.294 e. The molecule has 0 spiro atoms. The average molecular weight is 257 g/mol. The Morgan fingerprint density at radius 3 is 2.61 bits per heavy atom. The number of ketones is 1. The summed E-state index contributed by atoms with van der Waals surface area (Å²) >= 11 is 0. The van der Waals surface area contributed by atoms with Crippen molar-refractivity contribution in [1.82, 2.24) is 4.98 Å². The second kappa shape index (κ2) is 5.08. The second-order valence-electron chi connectivity index (χ2n) is 4.70. The maximum absolute atomic E-state index is 12.7. The number of carbonyl (C=O) groups is 1. The Morgan fingerprint density at radius 1 is 1.33 bits per heavy atom. The number of hydrogen-bond acceptors (Lipinski definition) is 2. The second-order valence-corrected chi connectivity index (χ2v) is 4.70. The van der Waals surface area contributed by atoms with E-state index in [2.05, 4.69) is 4.98 Å². The summed E-state index contributed by atoms with van der Waals surface area (Å²) in [6.07, 6.45) is 1.81. The van der Waals surface area contributed by atoms with E-state index in [1.807, 2.05) is 0 Å². The van der Waals surface area contributed by atoms with Gasteiger partial charge in [0.25, 0.3) is 0 Å². The van der Waals surface area contributed by atoms with Gasteiger partial charge < -0.3 is 0 Å². The van der Waals surface area contributed by atoms with E-state index in [1.165, 1.54) is 0 Å². The number of alkyl halides is 3. The minimum atomic E-state index is -4.50. The summed E-state index contributed by atoms with van der Waals surface area (Å²) in [6, 6.07) is 0.863. The maximum atomic E-state index is 12.7. The molecule has 98 valence electrons. The molecule has 1 aliphatic carbocycles. The van der Waals surface area contributed by atoms with Gasteiger partial charge in [0.15, 0.2) is 5.78 Å². The molecule has 2 nitrogen and oxygen atoms in total. The molecule has 1 heterocycles. The summed E-state index contributed by atoms with van der Waals surface area (Å²) in [7, 11) is 0. The smallest absolute Gasteiger partial charge is 0.294 e. The molecule has 18 heavy (non-hydrogen) atoms. The molecular weight excluding hydrogens is 243 g/mol. The Balaban J connectivity index is 2.19. The molecule has 0 aliphatic heterocycles. The lowest BCUT2D eigenvalue weighted by molar-refractivity contribution is -0.138. The third-order valence-electron chi connectivity index (χ3n) is 3.38. The van der Waals surface area contributed by atoms with Gasteiger partial charge in [-0.3, -0.25) is 9.78 Å². The number of halogens is 3.